The lowest BCUT2D eigenvalue weighted by Crippen LogP contribution is -2.20. The highest BCUT2D eigenvalue weighted by molar-refractivity contribution is 7.99. The fourth-order valence-electron chi connectivity index (χ4n) is 2.69. The lowest BCUT2D eigenvalue weighted by molar-refractivity contribution is 0.126. The third-order valence-corrected chi connectivity index (χ3v) is 6.41. The van der Waals surface area contributed by atoms with Gasteiger partial charge in [0.15, 0.2) is 0 Å². The predicted molar refractivity (Wildman–Crippen MR) is 128 cm³/mol. The highest BCUT2D eigenvalue weighted by Gasteiger charge is 2.07. The predicted octanol–water partition coefficient (Wildman–Crippen LogP) is 2.21. The highest BCUT2D eigenvalue weighted by Crippen LogP contribution is 2.18. The Kier molecular flexibility index (Phi) is 12.8. The molecule has 8 heteroatoms. The minimum atomic E-state index is -0.558. The third kappa shape index (κ3) is 11.1. The Labute approximate surface area is 192 Å². The molecule has 0 bridgehead atoms. The second-order valence-corrected chi connectivity index (χ2v) is 9.29. The molecule has 0 spiro atoms. The molecule has 2 aromatic rings. The summed E-state index contributed by atoms with van der Waals surface area (Å²) < 4.78 is 11.2. The molecule has 0 saturated heterocycles. The highest BCUT2D eigenvalue weighted by atomic mass is 32.2. The van der Waals surface area contributed by atoms with Crippen LogP contribution in [0.4, 0.5) is 0 Å². The molecule has 31 heavy (non-hydrogen) atoms. The Balaban J connectivity index is 1.72. The van der Waals surface area contributed by atoms with Gasteiger partial charge < -0.3 is 29.9 Å². The van der Waals surface area contributed by atoms with Crippen LogP contribution >= 0.6 is 23.5 Å². The largest absolute Gasteiger partial charge is 0.491 e. The molecule has 0 aliphatic carbocycles. The van der Waals surface area contributed by atoms with Gasteiger partial charge >= 0.3 is 0 Å². The Morgan fingerprint density at radius 2 is 1.03 bits per heavy atom. The summed E-state index contributed by atoms with van der Waals surface area (Å²) in [6.45, 7) is 0.690. The number of hydrogen-bond donors (Lipinski definition) is 4. The SMILES string of the molecule is OCCSCC(O)COc1ccc(Cc2ccc(OCC(O)CSCCO)cc2)cc1. The topological polar surface area (TPSA) is 99.4 Å². The van der Waals surface area contributed by atoms with Gasteiger partial charge in [-0.2, -0.15) is 23.5 Å². The number of aliphatic hydroxyl groups excluding tert-OH is 4. The lowest BCUT2D eigenvalue weighted by atomic mass is 10.0. The zero-order valence-electron chi connectivity index (χ0n) is 17.6. The normalized spacial score (nSPS) is 13.0. The van der Waals surface area contributed by atoms with Crippen LogP contribution in [-0.2, 0) is 6.42 Å². The summed E-state index contributed by atoms with van der Waals surface area (Å²) in [5.41, 5.74) is 2.30. The molecule has 2 aromatic carbocycles. The van der Waals surface area contributed by atoms with Crippen molar-refractivity contribution < 1.29 is 29.9 Å². The first-order valence-electron chi connectivity index (χ1n) is 10.3. The molecule has 2 atom stereocenters. The Morgan fingerprint density at radius 3 is 1.39 bits per heavy atom. The van der Waals surface area contributed by atoms with Gasteiger partial charge in [0.25, 0.3) is 0 Å². The molecule has 0 amide bonds. The van der Waals surface area contributed by atoms with E-state index in [9.17, 15) is 10.2 Å². The maximum absolute atomic E-state index is 9.86. The van der Waals surface area contributed by atoms with Crippen LogP contribution in [0.1, 0.15) is 11.1 Å². The van der Waals surface area contributed by atoms with E-state index in [1.165, 1.54) is 23.5 Å². The average molecular weight is 469 g/mol. The average Bonchev–Trinajstić information content (AvgIpc) is 2.78. The summed E-state index contributed by atoms with van der Waals surface area (Å²) in [6, 6.07) is 15.6. The molecule has 0 aromatic heterocycles. The maximum Gasteiger partial charge on any atom is 0.119 e. The molecule has 2 unspecified atom stereocenters. The van der Waals surface area contributed by atoms with Gasteiger partial charge in [0, 0.05) is 23.0 Å². The van der Waals surface area contributed by atoms with E-state index in [2.05, 4.69) is 0 Å². The van der Waals surface area contributed by atoms with Gasteiger partial charge in [-0.05, 0) is 41.8 Å². The molecule has 172 valence electrons. The lowest BCUT2D eigenvalue weighted by Gasteiger charge is -2.13. The van der Waals surface area contributed by atoms with Gasteiger partial charge in [-0.15, -0.1) is 0 Å². The smallest absolute Gasteiger partial charge is 0.119 e. The summed E-state index contributed by atoms with van der Waals surface area (Å²) in [7, 11) is 0. The van der Waals surface area contributed by atoms with Crippen molar-refractivity contribution in [2.24, 2.45) is 0 Å². The summed E-state index contributed by atoms with van der Waals surface area (Å²) in [6.07, 6.45) is -0.337. The van der Waals surface area contributed by atoms with Crippen LogP contribution in [0.3, 0.4) is 0 Å². The summed E-state index contributed by atoms with van der Waals surface area (Å²) in [5.74, 6) is 3.75. The van der Waals surface area contributed by atoms with Crippen molar-refractivity contribution in [2.45, 2.75) is 18.6 Å². The van der Waals surface area contributed by atoms with Crippen molar-refractivity contribution in [3.8, 4) is 11.5 Å². The van der Waals surface area contributed by atoms with Crippen LogP contribution in [0, 0.1) is 0 Å². The van der Waals surface area contributed by atoms with E-state index in [1.54, 1.807) is 0 Å². The van der Waals surface area contributed by atoms with Gasteiger partial charge in [0.05, 0.1) is 25.4 Å². The third-order valence-electron chi connectivity index (χ3n) is 4.23. The van der Waals surface area contributed by atoms with E-state index in [0.29, 0.717) is 23.0 Å². The minimum Gasteiger partial charge on any atom is -0.491 e. The van der Waals surface area contributed by atoms with E-state index in [4.69, 9.17) is 19.7 Å². The van der Waals surface area contributed by atoms with Gasteiger partial charge in [-0.1, -0.05) is 24.3 Å². The molecule has 2 rings (SSSR count). The zero-order valence-corrected chi connectivity index (χ0v) is 19.2. The molecule has 0 radical (unpaired) electrons. The van der Waals surface area contributed by atoms with E-state index in [0.717, 1.165) is 29.0 Å². The number of benzene rings is 2. The molecule has 6 nitrogen and oxygen atoms in total. The second kappa shape index (κ2) is 15.4. The van der Waals surface area contributed by atoms with Gasteiger partial charge in [-0.3, -0.25) is 0 Å². The van der Waals surface area contributed by atoms with E-state index in [-0.39, 0.29) is 26.4 Å². The van der Waals surface area contributed by atoms with Crippen LogP contribution in [-0.4, -0.2) is 82.1 Å². The van der Waals surface area contributed by atoms with E-state index < -0.39 is 12.2 Å². The quantitative estimate of drug-likeness (QED) is 0.278. The monoisotopic (exact) mass is 468 g/mol. The van der Waals surface area contributed by atoms with E-state index >= 15 is 0 Å². The van der Waals surface area contributed by atoms with Crippen LogP contribution < -0.4 is 9.47 Å². The minimum absolute atomic E-state index is 0.115. The van der Waals surface area contributed by atoms with Crippen molar-refractivity contribution in [1.82, 2.24) is 0 Å². The summed E-state index contributed by atoms with van der Waals surface area (Å²) >= 11 is 3.00. The van der Waals surface area contributed by atoms with Crippen LogP contribution in [0.2, 0.25) is 0 Å². The van der Waals surface area contributed by atoms with Crippen molar-refractivity contribution in [2.75, 3.05) is 49.4 Å². The van der Waals surface area contributed by atoms with Crippen molar-refractivity contribution in [1.29, 1.82) is 0 Å². The fraction of sp³-hybridized carbons (Fsp3) is 0.478. The Hall–Kier alpha value is -1.42. The molecular weight excluding hydrogens is 436 g/mol. The molecule has 0 fully saturated rings. The summed E-state index contributed by atoms with van der Waals surface area (Å²) in [5, 5.41) is 37.2. The van der Waals surface area contributed by atoms with Gasteiger partial charge in [-0.25, -0.2) is 0 Å². The second-order valence-electron chi connectivity index (χ2n) is 6.99. The fourth-order valence-corrected chi connectivity index (χ4v) is 4.02. The number of aliphatic hydroxyl groups is 4. The van der Waals surface area contributed by atoms with Crippen molar-refractivity contribution >= 4 is 23.5 Å². The molecule has 0 saturated carbocycles. The number of ether oxygens (including phenoxy) is 2. The molecule has 0 heterocycles. The first kappa shape index (κ1) is 25.8. The van der Waals surface area contributed by atoms with Gasteiger partial charge in [0.1, 0.15) is 24.7 Å². The molecular formula is C23H32O6S2. The first-order valence-corrected chi connectivity index (χ1v) is 12.6. The molecule has 4 N–H and O–H groups in total. The van der Waals surface area contributed by atoms with E-state index in [1.807, 2.05) is 48.5 Å². The van der Waals surface area contributed by atoms with Crippen LogP contribution in [0.25, 0.3) is 0 Å². The molecule has 0 aliphatic heterocycles. The summed E-state index contributed by atoms with van der Waals surface area (Å²) in [4.78, 5) is 0. The maximum atomic E-state index is 9.86. The van der Waals surface area contributed by atoms with Crippen LogP contribution in [0.5, 0.6) is 11.5 Å². The number of hydrogen-bond acceptors (Lipinski definition) is 8. The number of thioether (sulfide) groups is 2. The molecule has 0 aliphatic rings. The Morgan fingerprint density at radius 1 is 0.645 bits per heavy atom. The Bertz CT molecular complexity index is 650. The van der Waals surface area contributed by atoms with Gasteiger partial charge in [0.2, 0.25) is 0 Å². The zero-order chi connectivity index (χ0) is 22.3. The van der Waals surface area contributed by atoms with Crippen molar-refractivity contribution in [3.05, 3.63) is 59.7 Å². The first-order chi connectivity index (χ1) is 15.1. The standard InChI is InChI=1S/C23H32O6S2/c24-9-11-30-16-20(26)14-28-22-5-1-18(2-6-22)13-19-3-7-23(8-4-19)29-15-21(27)17-31-12-10-25/h1-8,20-21,24-27H,9-17H2. The van der Waals surface area contributed by atoms with Crippen molar-refractivity contribution in [3.63, 3.8) is 0 Å². The van der Waals surface area contributed by atoms with Crippen LogP contribution in [0.15, 0.2) is 48.5 Å². The number of rotatable bonds is 16.